The smallest absolute Gasteiger partial charge is 0.355 e. The number of rotatable bonds is 4. The van der Waals surface area contributed by atoms with Crippen molar-refractivity contribution in [1.82, 2.24) is 19.5 Å². The highest BCUT2D eigenvalue weighted by molar-refractivity contribution is 5.97. The number of Topliss-reactive ketones (excluding diaryl/α,β-unsaturated/α-hetero) is 1. The molecule has 0 aromatic carbocycles. The van der Waals surface area contributed by atoms with Crippen LogP contribution in [-0.4, -0.2) is 31.3 Å². The zero-order chi connectivity index (χ0) is 15.6. The maximum atomic E-state index is 12.0. The lowest BCUT2D eigenvalue weighted by atomic mass is 10.2. The predicted molar refractivity (Wildman–Crippen MR) is 73.2 cm³/mol. The van der Waals surface area contributed by atoms with Crippen LogP contribution in [0.25, 0.3) is 0 Å². The number of ether oxygens (including phenoxy) is 1. The molecule has 2 rings (SSSR count). The molecule has 2 aromatic heterocycles. The monoisotopic (exact) mass is 290 g/mol. The number of anilines is 2. The maximum absolute atomic E-state index is 12.0. The third-order valence-corrected chi connectivity index (χ3v) is 2.67. The van der Waals surface area contributed by atoms with Crippen molar-refractivity contribution in [2.24, 2.45) is 7.05 Å². The van der Waals surface area contributed by atoms with E-state index in [0.29, 0.717) is 5.56 Å². The van der Waals surface area contributed by atoms with Crippen molar-refractivity contribution in [2.75, 3.05) is 11.5 Å². The number of esters is 1. The lowest BCUT2D eigenvalue weighted by Crippen LogP contribution is -2.13. The molecular formula is C12H14N6O3. The van der Waals surface area contributed by atoms with Crippen molar-refractivity contribution in [3.05, 3.63) is 29.3 Å². The number of nitrogens with two attached hydrogens (primary N) is 2. The Morgan fingerprint density at radius 1 is 1.24 bits per heavy atom. The van der Waals surface area contributed by atoms with Crippen LogP contribution in [0.1, 0.15) is 33.6 Å². The molecule has 2 aromatic rings. The van der Waals surface area contributed by atoms with Gasteiger partial charge in [0, 0.05) is 18.8 Å². The van der Waals surface area contributed by atoms with Gasteiger partial charge in [-0.2, -0.15) is 15.0 Å². The van der Waals surface area contributed by atoms with Crippen LogP contribution in [0.5, 0.6) is 0 Å². The molecule has 0 amide bonds. The summed E-state index contributed by atoms with van der Waals surface area (Å²) in [6.45, 7) is 1.22. The lowest BCUT2D eigenvalue weighted by Gasteiger charge is -2.05. The van der Waals surface area contributed by atoms with Gasteiger partial charge in [-0.25, -0.2) is 4.79 Å². The molecule has 110 valence electrons. The summed E-state index contributed by atoms with van der Waals surface area (Å²) in [5.41, 5.74) is 11.5. The average molecular weight is 290 g/mol. The third kappa shape index (κ3) is 3.32. The average Bonchev–Trinajstić information content (AvgIpc) is 2.77. The number of aromatic nitrogens is 4. The first-order chi connectivity index (χ1) is 9.86. The topological polar surface area (TPSA) is 139 Å². The van der Waals surface area contributed by atoms with Crippen LogP contribution in [0.4, 0.5) is 11.9 Å². The third-order valence-electron chi connectivity index (χ3n) is 2.67. The molecule has 0 atom stereocenters. The summed E-state index contributed by atoms with van der Waals surface area (Å²) in [5, 5.41) is 0. The van der Waals surface area contributed by atoms with Crippen LogP contribution in [0.15, 0.2) is 12.3 Å². The van der Waals surface area contributed by atoms with Gasteiger partial charge in [0.05, 0.1) is 0 Å². The SMILES string of the molecule is CC(=O)c1cc(C(=O)OCc2nc(N)nc(N)n2)n(C)c1. The number of hydrogen-bond donors (Lipinski definition) is 2. The quantitative estimate of drug-likeness (QED) is 0.589. The van der Waals surface area contributed by atoms with E-state index in [9.17, 15) is 9.59 Å². The zero-order valence-corrected chi connectivity index (χ0v) is 11.5. The first-order valence-corrected chi connectivity index (χ1v) is 5.97. The minimum atomic E-state index is -0.609. The van der Waals surface area contributed by atoms with Gasteiger partial charge in [0.1, 0.15) is 5.69 Å². The van der Waals surface area contributed by atoms with Crippen molar-refractivity contribution in [2.45, 2.75) is 13.5 Å². The minimum absolute atomic E-state index is 0.0497. The number of aryl methyl sites for hydroxylation is 1. The van der Waals surface area contributed by atoms with Gasteiger partial charge in [-0.1, -0.05) is 0 Å². The number of carbonyl (C=O) groups is 2. The van der Waals surface area contributed by atoms with Gasteiger partial charge < -0.3 is 20.8 Å². The Labute approximate surface area is 120 Å². The Kier molecular flexibility index (Phi) is 3.83. The summed E-state index contributed by atoms with van der Waals surface area (Å²) in [6, 6.07) is 1.46. The highest BCUT2D eigenvalue weighted by Gasteiger charge is 2.16. The molecule has 2 heterocycles. The molecule has 0 fully saturated rings. The molecule has 0 radical (unpaired) electrons. The molecule has 0 unspecified atom stereocenters. The van der Waals surface area contributed by atoms with E-state index < -0.39 is 5.97 Å². The van der Waals surface area contributed by atoms with Crippen molar-refractivity contribution < 1.29 is 14.3 Å². The standard InChI is InChI=1S/C12H14N6O3/c1-6(19)7-3-8(18(2)4-7)10(20)21-5-9-15-11(13)17-12(14)16-9/h3-4H,5H2,1-2H3,(H4,13,14,15,16,17). The molecule has 0 spiro atoms. The Balaban J connectivity index is 2.09. The number of ketones is 1. The molecular weight excluding hydrogens is 276 g/mol. The van der Waals surface area contributed by atoms with Crippen LogP contribution in [0.3, 0.4) is 0 Å². The molecule has 0 aliphatic carbocycles. The number of nitrogens with zero attached hydrogens (tertiary/aromatic N) is 4. The van der Waals surface area contributed by atoms with E-state index in [-0.39, 0.29) is 35.8 Å². The Hall–Kier alpha value is -2.97. The van der Waals surface area contributed by atoms with Crippen molar-refractivity contribution >= 4 is 23.6 Å². The first-order valence-electron chi connectivity index (χ1n) is 5.97. The molecule has 0 aliphatic heterocycles. The van der Waals surface area contributed by atoms with Crippen molar-refractivity contribution in [3.63, 3.8) is 0 Å². The van der Waals surface area contributed by atoms with Crippen molar-refractivity contribution in [1.29, 1.82) is 0 Å². The van der Waals surface area contributed by atoms with E-state index in [0.717, 1.165) is 0 Å². The minimum Gasteiger partial charge on any atom is -0.453 e. The predicted octanol–water partition coefficient (Wildman–Crippen LogP) is -0.0659. The first kappa shape index (κ1) is 14.4. The summed E-state index contributed by atoms with van der Waals surface area (Å²) in [7, 11) is 1.64. The maximum Gasteiger partial charge on any atom is 0.355 e. The number of nitrogen functional groups attached to an aromatic ring is 2. The normalized spacial score (nSPS) is 10.4. The van der Waals surface area contributed by atoms with Gasteiger partial charge in [-0.3, -0.25) is 4.79 Å². The van der Waals surface area contributed by atoms with Gasteiger partial charge in [0.25, 0.3) is 0 Å². The molecule has 0 saturated carbocycles. The van der Waals surface area contributed by atoms with E-state index in [1.807, 2.05) is 0 Å². The van der Waals surface area contributed by atoms with Gasteiger partial charge in [0.2, 0.25) is 11.9 Å². The second kappa shape index (κ2) is 5.57. The molecule has 9 heteroatoms. The summed E-state index contributed by atoms with van der Waals surface area (Å²) < 4.78 is 6.57. The van der Waals surface area contributed by atoms with E-state index in [1.165, 1.54) is 17.6 Å². The zero-order valence-electron chi connectivity index (χ0n) is 11.5. The van der Waals surface area contributed by atoms with Crippen molar-refractivity contribution in [3.8, 4) is 0 Å². The van der Waals surface area contributed by atoms with E-state index in [1.54, 1.807) is 13.2 Å². The molecule has 21 heavy (non-hydrogen) atoms. The van der Waals surface area contributed by atoms with Crippen LogP contribution in [0.2, 0.25) is 0 Å². The summed E-state index contributed by atoms with van der Waals surface area (Å²) in [4.78, 5) is 34.4. The Morgan fingerprint density at radius 2 is 1.86 bits per heavy atom. The van der Waals surface area contributed by atoms with E-state index in [2.05, 4.69) is 15.0 Å². The van der Waals surface area contributed by atoms with Crippen LogP contribution < -0.4 is 11.5 Å². The molecule has 0 saturated heterocycles. The number of hydrogen-bond acceptors (Lipinski definition) is 8. The fraction of sp³-hybridized carbons (Fsp3) is 0.250. The summed E-state index contributed by atoms with van der Waals surface area (Å²) in [5.74, 6) is -0.697. The largest absolute Gasteiger partial charge is 0.453 e. The van der Waals surface area contributed by atoms with E-state index >= 15 is 0 Å². The fourth-order valence-electron chi connectivity index (χ4n) is 1.69. The van der Waals surface area contributed by atoms with Gasteiger partial charge in [-0.05, 0) is 13.0 Å². The Bertz CT molecular complexity index is 689. The number of carbonyl (C=O) groups excluding carboxylic acids is 2. The fourth-order valence-corrected chi connectivity index (χ4v) is 1.69. The molecule has 0 aliphatic rings. The van der Waals surface area contributed by atoms with Crippen LogP contribution in [-0.2, 0) is 18.4 Å². The molecule has 9 nitrogen and oxygen atoms in total. The molecule has 0 bridgehead atoms. The second-order valence-corrected chi connectivity index (χ2v) is 4.33. The highest BCUT2D eigenvalue weighted by atomic mass is 16.5. The highest BCUT2D eigenvalue weighted by Crippen LogP contribution is 2.10. The van der Waals surface area contributed by atoms with Gasteiger partial charge >= 0.3 is 5.97 Å². The van der Waals surface area contributed by atoms with Crippen LogP contribution >= 0.6 is 0 Å². The van der Waals surface area contributed by atoms with Gasteiger partial charge in [0.15, 0.2) is 18.2 Å². The summed E-state index contributed by atoms with van der Waals surface area (Å²) in [6.07, 6.45) is 1.55. The lowest BCUT2D eigenvalue weighted by molar-refractivity contribution is 0.0451. The second-order valence-electron chi connectivity index (χ2n) is 4.33. The molecule has 4 N–H and O–H groups in total. The van der Waals surface area contributed by atoms with Gasteiger partial charge in [-0.15, -0.1) is 0 Å². The van der Waals surface area contributed by atoms with Crippen LogP contribution in [0, 0.1) is 0 Å². The Morgan fingerprint density at radius 3 is 2.38 bits per heavy atom. The van der Waals surface area contributed by atoms with E-state index in [4.69, 9.17) is 16.2 Å². The summed E-state index contributed by atoms with van der Waals surface area (Å²) >= 11 is 0.